The Hall–Kier alpha value is -5.19. The monoisotopic (exact) mass is 494 g/mol. The SMILES string of the molecule is Cc1nn(-c2ccc([N+](=O)[O-])cc2)c2c1C(c1ccc3c(c1)OCO3)N1C(=N2)C(=O)Nc2ccccc21. The lowest BCUT2D eigenvalue weighted by molar-refractivity contribution is -0.384. The number of ether oxygens (including phenoxy) is 2. The van der Waals surface area contributed by atoms with Crippen LogP contribution in [0.25, 0.3) is 5.69 Å². The zero-order chi connectivity index (χ0) is 25.3. The molecule has 0 fully saturated rings. The third-order valence-electron chi connectivity index (χ3n) is 6.69. The Morgan fingerprint density at radius 1 is 1.05 bits per heavy atom. The lowest BCUT2D eigenvalue weighted by atomic mass is 9.93. The Morgan fingerprint density at radius 2 is 1.84 bits per heavy atom. The van der Waals surface area contributed by atoms with Gasteiger partial charge in [-0.15, -0.1) is 0 Å². The number of anilines is 2. The van der Waals surface area contributed by atoms with Crippen LogP contribution in [0.4, 0.5) is 22.9 Å². The number of rotatable bonds is 3. The van der Waals surface area contributed by atoms with Crippen molar-refractivity contribution in [1.29, 1.82) is 0 Å². The van der Waals surface area contributed by atoms with E-state index in [1.54, 1.807) is 16.8 Å². The minimum absolute atomic E-state index is 0.0273. The Bertz CT molecular complexity index is 1660. The predicted octanol–water partition coefficient (Wildman–Crippen LogP) is 4.41. The van der Waals surface area contributed by atoms with E-state index >= 15 is 0 Å². The molecule has 1 atom stereocenters. The quantitative estimate of drug-likeness (QED) is 0.330. The largest absolute Gasteiger partial charge is 0.454 e. The van der Waals surface area contributed by atoms with Gasteiger partial charge in [0.15, 0.2) is 17.3 Å². The number of hydrogen-bond donors (Lipinski definition) is 1. The molecule has 1 amide bonds. The van der Waals surface area contributed by atoms with Crippen LogP contribution < -0.4 is 19.7 Å². The van der Waals surface area contributed by atoms with Crippen LogP contribution in [-0.4, -0.2) is 33.2 Å². The molecule has 11 nitrogen and oxygen atoms in total. The Morgan fingerprint density at radius 3 is 2.65 bits per heavy atom. The maximum Gasteiger partial charge on any atom is 0.291 e. The van der Waals surface area contributed by atoms with Gasteiger partial charge in [-0.1, -0.05) is 18.2 Å². The fraction of sp³-hybridized carbons (Fsp3) is 0.115. The van der Waals surface area contributed by atoms with E-state index in [0.717, 1.165) is 16.8 Å². The number of carbonyl (C=O) groups excluding carboxylic acids is 1. The van der Waals surface area contributed by atoms with Gasteiger partial charge in [0.25, 0.3) is 11.6 Å². The van der Waals surface area contributed by atoms with E-state index in [0.29, 0.717) is 34.4 Å². The van der Waals surface area contributed by atoms with Crippen LogP contribution in [0, 0.1) is 17.0 Å². The molecule has 1 N–H and O–H groups in total. The van der Waals surface area contributed by atoms with Crippen molar-refractivity contribution in [2.75, 3.05) is 17.0 Å². The van der Waals surface area contributed by atoms with Crippen LogP contribution in [-0.2, 0) is 4.79 Å². The van der Waals surface area contributed by atoms with Gasteiger partial charge in [0.05, 0.1) is 33.7 Å². The lowest BCUT2D eigenvalue weighted by Gasteiger charge is -2.40. The van der Waals surface area contributed by atoms with Gasteiger partial charge in [0.1, 0.15) is 0 Å². The number of amidine groups is 1. The molecule has 37 heavy (non-hydrogen) atoms. The second-order valence-corrected chi connectivity index (χ2v) is 8.80. The maximum absolute atomic E-state index is 13.3. The molecule has 7 rings (SSSR count). The van der Waals surface area contributed by atoms with Crippen molar-refractivity contribution in [3.63, 3.8) is 0 Å². The zero-order valence-corrected chi connectivity index (χ0v) is 19.4. The summed E-state index contributed by atoms with van der Waals surface area (Å²) in [5, 5.41) is 18.8. The number of nitro groups is 1. The molecule has 11 heteroatoms. The number of carbonyl (C=O) groups is 1. The van der Waals surface area contributed by atoms with Gasteiger partial charge in [-0.3, -0.25) is 14.9 Å². The third-order valence-corrected chi connectivity index (χ3v) is 6.69. The highest BCUT2D eigenvalue weighted by Gasteiger charge is 2.43. The lowest BCUT2D eigenvalue weighted by Crippen LogP contribution is -2.48. The second-order valence-electron chi connectivity index (χ2n) is 8.80. The second kappa shape index (κ2) is 7.65. The van der Waals surface area contributed by atoms with E-state index in [1.165, 1.54) is 12.1 Å². The van der Waals surface area contributed by atoms with Gasteiger partial charge < -0.3 is 19.7 Å². The highest BCUT2D eigenvalue weighted by molar-refractivity contribution is 6.50. The number of nitrogens with zero attached hydrogens (tertiary/aromatic N) is 5. The number of hydrogen-bond acceptors (Lipinski definition) is 8. The summed E-state index contributed by atoms with van der Waals surface area (Å²) in [6, 6.07) is 18.9. The molecule has 4 heterocycles. The molecule has 3 aromatic carbocycles. The molecule has 1 aromatic heterocycles. The Kier molecular flexibility index (Phi) is 4.37. The number of nitrogens with one attached hydrogen (secondary N) is 1. The highest BCUT2D eigenvalue weighted by atomic mass is 16.7. The Balaban J connectivity index is 1.47. The average molecular weight is 494 g/mol. The average Bonchev–Trinajstić information content (AvgIpc) is 3.51. The summed E-state index contributed by atoms with van der Waals surface area (Å²) in [6.07, 6.45) is 0. The molecule has 0 aliphatic carbocycles. The van der Waals surface area contributed by atoms with E-state index in [1.807, 2.05) is 54.3 Å². The fourth-order valence-electron chi connectivity index (χ4n) is 5.04. The van der Waals surface area contributed by atoms with Gasteiger partial charge in [0.2, 0.25) is 12.6 Å². The normalized spacial score (nSPS) is 16.9. The van der Waals surface area contributed by atoms with Gasteiger partial charge >= 0.3 is 0 Å². The molecule has 3 aliphatic rings. The summed E-state index contributed by atoms with van der Waals surface area (Å²) in [5.41, 5.74) is 4.44. The topological polar surface area (TPSA) is 124 Å². The molecule has 4 aromatic rings. The number of aryl methyl sites for hydroxylation is 1. The first-order chi connectivity index (χ1) is 18.0. The van der Waals surface area contributed by atoms with Crippen LogP contribution in [0.1, 0.15) is 22.9 Å². The van der Waals surface area contributed by atoms with Crippen molar-refractivity contribution >= 4 is 34.6 Å². The first kappa shape index (κ1) is 21.1. The molecule has 182 valence electrons. The molecular weight excluding hydrogens is 476 g/mol. The number of aromatic nitrogens is 2. The smallest absolute Gasteiger partial charge is 0.291 e. The van der Waals surface area contributed by atoms with E-state index in [-0.39, 0.29) is 24.2 Å². The highest BCUT2D eigenvalue weighted by Crippen LogP contribution is 2.48. The van der Waals surface area contributed by atoms with Crippen molar-refractivity contribution in [3.05, 3.63) is 93.7 Å². The van der Waals surface area contributed by atoms with Crippen LogP contribution in [0.2, 0.25) is 0 Å². The summed E-state index contributed by atoms with van der Waals surface area (Å²) in [5.74, 6) is 1.64. The summed E-state index contributed by atoms with van der Waals surface area (Å²) in [6.45, 7) is 2.03. The fourth-order valence-corrected chi connectivity index (χ4v) is 5.04. The molecule has 0 bridgehead atoms. The summed E-state index contributed by atoms with van der Waals surface area (Å²) < 4.78 is 12.8. The molecule has 0 saturated carbocycles. The van der Waals surface area contributed by atoms with Crippen LogP contribution in [0.3, 0.4) is 0 Å². The molecule has 0 spiro atoms. The van der Waals surface area contributed by atoms with Crippen molar-refractivity contribution in [1.82, 2.24) is 9.78 Å². The van der Waals surface area contributed by atoms with Gasteiger partial charge in [-0.25, -0.2) is 9.67 Å². The van der Waals surface area contributed by atoms with Crippen molar-refractivity contribution in [2.45, 2.75) is 13.0 Å². The number of non-ortho nitro benzene ring substituents is 1. The Labute approximate surface area is 209 Å². The number of nitro benzene ring substituents is 1. The minimum atomic E-state index is -0.453. The third kappa shape index (κ3) is 3.10. The standard InChI is InChI=1S/C26H18N6O5/c1-14-22-23(15-6-11-20-21(12-15)37-13-36-20)30-19-5-3-2-4-18(19)27-26(33)25(30)28-24(22)31(29-14)16-7-9-17(10-8-16)32(34)35/h2-12,23H,13H2,1H3,(H,27,33). The first-order valence-electron chi connectivity index (χ1n) is 11.5. The number of fused-ring (bicyclic) bond motifs is 5. The first-order valence-corrected chi connectivity index (χ1v) is 11.5. The molecular formula is C26H18N6O5. The van der Waals surface area contributed by atoms with Gasteiger partial charge in [-0.05, 0) is 48.9 Å². The van der Waals surface area contributed by atoms with E-state index < -0.39 is 11.0 Å². The maximum atomic E-state index is 13.3. The molecule has 1 unspecified atom stereocenters. The number of para-hydroxylation sites is 2. The minimum Gasteiger partial charge on any atom is -0.454 e. The number of benzene rings is 3. The number of amides is 1. The van der Waals surface area contributed by atoms with Crippen LogP contribution >= 0.6 is 0 Å². The van der Waals surface area contributed by atoms with E-state index in [2.05, 4.69) is 5.32 Å². The zero-order valence-electron chi connectivity index (χ0n) is 19.4. The van der Waals surface area contributed by atoms with Crippen LogP contribution in [0.15, 0.2) is 71.7 Å². The molecule has 0 saturated heterocycles. The summed E-state index contributed by atoms with van der Waals surface area (Å²) >= 11 is 0. The van der Waals surface area contributed by atoms with Gasteiger partial charge in [0, 0.05) is 17.7 Å². The molecule has 3 aliphatic heterocycles. The summed E-state index contributed by atoms with van der Waals surface area (Å²) in [4.78, 5) is 30.7. The number of aliphatic imine (C=N–C) groups is 1. The van der Waals surface area contributed by atoms with Crippen molar-refractivity contribution < 1.29 is 19.2 Å². The predicted molar refractivity (Wildman–Crippen MR) is 134 cm³/mol. The van der Waals surface area contributed by atoms with Crippen LogP contribution in [0.5, 0.6) is 11.5 Å². The van der Waals surface area contributed by atoms with Crippen molar-refractivity contribution in [2.24, 2.45) is 4.99 Å². The van der Waals surface area contributed by atoms with Gasteiger partial charge in [-0.2, -0.15) is 5.10 Å². The van der Waals surface area contributed by atoms with Crippen molar-refractivity contribution in [3.8, 4) is 17.2 Å². The van der Waals surface area contributed by atoms with E-state index in [4.69, 9.17) is 19.6 Å². The summed E-state index contributed by atoms with van der Waals surface area (Å²) in [7, 11) is 0. The molecule has 0 radical (unpaired) electrons. The van der Waals surface area contributed by atoms with E-state index in [9.17, 15) is 14.9 Å².